The molecule has 0 spiro atoms. The Bertz CT molecular complexity index is 804. The van der Waals surface area contributed by atoms with Crippen LogP contribution in [0.25, 0.3) is 0 Å². The summed E-state index contributed by atoms with van der Waals surface area (Å²) in [6.45, 7) is 11.6. The third-order valence-electron chi connectivity index (χ3n) is 4.83. The molecule has 0 radical (unpaired) electrons. The molecule has 0 N–H and O–H groups in total. The Labute approximate surface area is 167 Å². The highest BCUT2D eigenvalue weighted by atomic mass is 16.6. The maximum Gasteiger partial charge on any atom is 0.338 e. The molecular weight excluding hydrogens is 352 g/mol. The van der Waals surface area contributed by atoms with Crippen LogP contribution in [-0.2, 0) is 9.47 Å². The van der Waals surface area contributed by atoms with Gasteiger partial charge in [-0.1, -0.05) is 57.2 Å². The summed E-state index contributed by atoms with van der Waals surface area (Å²) < 4.78 is 11.8. The number of carbonyl (C=O) groups is 2. The molecule has 1 atom stereocenters. The Balaban J connectivity index is 2.31. The number of hydrogen-bond donors (Lipinski definition) is 0. The molecule has 0 aromatic heterocycles. The summed E-state index contributed by atoms with van der Waals surface area (Å²) in [6.07, 6.45) is 0.521. The molecule has 0 heterocycles. The third-order valence-corrected chi connectivity index (χ3v) is 4.83. The fourth-order valence-corrected chi connectivity index (χ4v) is 3.19. The first kappa shape index (κ1) is 21.7. The Kier molecular flexibility index (Phi) is 6.33. The van der Waals surface area contributed by atoms with Crippen molar-refractivity contribution in [3.63, 3.8) is 0 Å². The van der Waals surface area contributed by atoms with Crippen molar-refractivity contribution in [3.05, 3.63) is 71.8 Å². The molecule has 1 unspecified atom stereocenters. The lowest BCUT2D eigenvalue weighted by Crippen LogP contribution is -2.55. The topological polar surface area (TPSA) is 52.6 Å². The zero-order valence-corrected chi connectivity index (χ0v) is 17.6. The second-order valence-electron chi connectivity index (χ2n) is 8.99. The van der Waals surface area contributed by atoms with Crippen molar-refractivity contribution >= 4 is 11.9 Å². The highest BCUT2D eigenvalue weighted by molar-refractivity contribution is 5.90. The van der Waals surface area contributed by atoms with Crippen LogP contribution in [0.3, 0.4) is 0 Å². The van der Waals surface area contributed by atoms with Gasteiger partial charge in [-0.2, -0.15) is 0 Å². The van der Waals surface area contributed by atoms with Gasteiger partial charge < -0.3 is 9.47 Å². The van der Waals surface area contributed by atoms with E-state index in [2.05, 4.69) is 20.8 Å². The molecule has 0 saturated heterocycles. The number of carbonyl (C=O) groups excluding carboxylic acids is 2. The number of benzene rings is 2. The lowest BCUT2D eigenvalue weighted by molar-refractivity contribution is -0.147. The highest BCUT2D eigenvalue weighted by Gasteiger charge is 2.50. The largest absolute Gasteiger partial charge is 0.452 e. The van der Waals surface area contributed by atoms with Crippen molar-refractivity contribution < 1.29 is 19.1 Å². The Morgan fingerprint density at radius 2 is 1.07 bits per heavy atom. The van der Waals surface area contributed by atoms with E-state index in [-0.39, 0.29) is 5.41 Å². The monoisotopic (exact) mass is 382 g/mol. The van der Waals surface area contributed by atoms with Gasteiger partial charge in [-0.05, 0) is 56.9 Å². The normalized spacial score (nSPS) is 14.1. The lowest BCUT2D eigenvalue weighted by Gasteiger charge is -2.45. The predicted molar refractivity (Wildman–Crippen MR) is 110 cm³/mol. The predicted octanol–water partition coefficient (Wildman–Crippen LogP) is 5.67. The molecule has 4 nitrogen and oxygen atoms in total. The smallest absolute Gasteiger partial charge is 0.338 e. The second kappa shape index (κ2) is 8.17. The van der Waals surface area contributed by atoms with Crippen molar-refractivity contribution in [3.8, 4) is 0 Å². The minimum absolute atomic E-state index is 0.151. The zero-order chi connectivity index (χ0) is 21.0. The minimum Gasteiger partial charge on any atom is -0.452 e. The van der Waals surface area contributed by atoms with Gasteiger partial charge in [0.15, 0.2) is 0 Å². The first-order chi connectivity index (χ1) is 12.9. The molecule has 2 aromatic carbocycles. The molecule has 0 bridgehead atoms. The maximum atomic E-state index is 12.8. The average Bonchev–Trinajstić information content (AvgIpc) is 2.61. The van der Waals surface area contributed by atoms with Crippen LogP contribution < -0.4 is 0 Å². The van der Waals surface area contributed by atoms with E-state index in [0.29, 0.717) is 17.5 Å². The van der Waals surface area contributed by atoms with E-state index >= 15 is 0 Å². The average molecular weight is 383 g/mol. The summed E-state index contributed by atoms with van der Waals surface area (Å²) in [6, 6.07) is 17.7. The van der Waals surface area contributed by atoms with Crippen LogP contribution >= 0.6 is 0 Å². The minimum atomic E-state index is -1.04. The summed E-state index contributed by atoms with van der Waals surface area (Å²) in [5.74, 6) is -0.877. The van der Waals surface area contributed by atoms with Gasteiger partial charge in [-0.25, -0.2) is 9.59 Å². The first-order valence-corrected chi connectivity index (χ1v) is 9.50. The fourth-order valence-electron chi connectivity index (χ4n) is 3.19. The molecule has 0 aliphatic heterocycles. The number of ether oxygens (including phenoxy) is 2. The molecule has 2 aromatic rings. The number of hydrogen-bond acceptors (Lipinski definition) is 4. The number of esters is 2. The molecule has 2 rings (SSSR count). The highest BCUT2D eigenvalue weighted by Crippen LogP contribution is 2.40. The van der Waals surface area contributed by atoms with E-state index in [1.165, 1.54) is 0 Å². The van der Waals surface area contributed by atoms with Crippen molar-refractivity contribution in [1.82, 2.24) is 0 Å². The van der Waals surface area contributed by atoms with Gasteiger partial charge in [-0.15, -0.1) is 0 Å². The molecule has 0 aliphatic carbocycles. The van der Waals surface area contributed by atoms with Gasteiger partial charge >= 0.3 is 11.9 Å². The molecule has 0 saturated carbocycles. The standard InChI is InChI=1S/C24H30O4/c1-22(2,3)17-24(6,28-21(26)19-15-11-8-12-16-19)23(4,5)27-20(25)18-13-9-7-10-14-18/h7-16H,17H2,1-6H3. The van der Waals surface area contributed by atoms with E-state index in [1.807, 2.05) is 19.1 Å². The van der Waals surface area contributed by atoms with Crippen molar-refractivity contribution in [2.75, 3.05) is 0 Å². The van der Waals surface area contributed by atoms with Crippen molar-refractivity contribution in [1.29, 1.82) is 0 Å². The van der Waals surface area contributed by atoms with E-state index in [0.717, 1.165) is 0 Å². The van der Waals surface area contributed by atoms with Gasteiger partial charge in [0.1, 0.15) is 11.2 Å². The summed E-state index contributed by atoms with van der Waals surface area (Å²) in [5, 5.41) is 0. The van der Waals surface area contributed by atoms with Crippen LogP contribution in [-0.4, -0.2) is 23.1 Å². The molecular formula is C24H30O4. The summed E-state index contributed by atoms with van der Waals surface area (Å²) in [4.78, 5) is 25.5. The Morgan fingerprint density at radius 3 is 1.46 bits per heavy atom. The Hall–Kier alpha value is -2.62. The van der Waals surface area contributed by atoms with Gasteiger partial charge in [0.2, 0.25) is 0 Å². The van der Waals surface area contributed by atoms with Gasteiger partial charge in [-0.3, -0.25) is 0 Å². The molecule has 0 fully saturated rings. The summed E-state index contributed by atoms with van der Waals surface area (Å²) in [7, 11) is 0. The summed E-state index contributed by atoms with van der Waals surface area (Å²) in [5.41, 5.74) is -1.29. The lowest BCUT2D eigenvalue weighted by atomic mass is 9.74. The van der Waals surface area contributed by atoms with Crippen LogP contribution in [0, 0.1) is 5.41 Å². The first-order valence-electron chi connectivity index (χ1n) is 9.50. The molecule has 4 heteroatoms. The number of rotatable bonds is 6. The zero-order valence-electron chi connectivity index (χ0n) is 17.6. The Morgan fingerprint density at radius 1 is 0.679 bits per heavy atom. The second-order valence-corrected chi connectivity index (χ2v) is 8.99. The molecule has 0 amide bonds. The van der Waals surface area contributed by atoms with Gasteiger partial charge in [0, 0.05) is 0 Å². The quantitative estimate of drug-likeness (QED) is 0.604. The summed E-state index contributed by atoms with van der Waals surface area (Å²) >= 11 is 0. The van der Waals surface area contributed by atoms with Crippen LogP contribution in [0.4, 0.5) is 0 Å². The van der Waals surface area contributed by atoms with E-state index in [4.69, 9.17) is 9.47 Å². The SMILES string of the molecule is CC(C)(C)CC(C)(OC(=O)c1ccccc1)C(C)(C)OC(=O)c1ccccc1. The van der Waals surface area contributed by atoms with E-state index < -0.39 is 23.1 Å². The molecule has 28 heavy (non-hydrogen) atoms. The van der Waals surface area contributed by atoms with Crippen molar-refractivity contribution in [2.24, 2.45) is 5.41 Å². The van der Waals surface area contributed by atoms with Gasteiger partial charge in [0.25, 0.3) is 0 Å². The van der Waals surface area contributed by atoms with Gasteiger partial charge in [0.05, 0.1) is 11.1 Å². The van der Waals surface area contributed by atoms with Crippen LogP contribution in [0.2, 0.25) is 0 Å². The van der Waals surface area contributed by atoms with E-state index in [9.17, 15) is 9.59 Å². The van der Waals surface area contributed by atoms with Crippen LogP contribution in [0.1, 0.15) is 68.7 Å². The van der Waals surface area contributed by atoms with Crippen LogP contribution in [0.15, 0.2) is 60.7 Å². The molecule has 0 aliphatic rings. The third kappa shape index (κ3) is 5.44. The van der Waals surface area contributed by atoms with Crippen LogP contribution in [0.5, 0.6) is 0 Å². The fraction of sp³-hybridized carbons (Fsp3) is 0.417. The van der Waals surface area contributed by atoms with E-state index in [1.54, 1.807) is 62.4 Å². The maximum absolute atomic E-state index is 12.8. The van der Waals surface area contributed by atoms with Crippen molar-refractivity contribution in [2.45, 2.75) is 59.2 Å². The molecule has 150 valence electrons.